The smallest absolute Gasteiger partial charge is 0.303 e. The highest BCUT2D eigenvalue weighted by Gasteiger charge is 2.65. The molecule has 6 heteroatoms. The maximum atomic E-state index is 13.9. The topological polar surface area (TPSA) is 112 Å². The Balaban J connectivity index is 2.12. The molecule has 1 fully saturated rings. The number of aliphatic hydroxyl groups is 1. The molecule has 6 nitrogen and oxygen atoms in total. The number of hydrogen-bond donors (Lipinski definition) is 3. The SMILES string of the molecule is C=C(C)[C@@H]1C[C@H](O)C2=C(C(=O)C[C@]3(C)[C@@H]([C@H](C)CCC(=O)O)CC[C@@]23C)[C@@]1(C)CCC(=O)O. The molecule has 184 valence electrons. The largest absolute Gasteiger partial charge is 0.481 e. The minimum absolute atomic E-state index is 0.0141. The molecule has 0 aliphatic heterocycles. The summed E-state index contributed by atoms with van der Waals surface area (Å²) < 4.78 is 0. The van der Waals surface area contributed by atoms with Gasteiger partial charge < -0.3 is 15.3 Å². The molecule has 1 saturated carbocycles. The van der Waals surface area contributed by atoms with Crippen LogP contribution in [0.4, 0.5) is 0 Å². The molecule has 3 aliphatic rings. The second kappa shape index (κ2) is 8.68. The first kappa shape index (κ1) is 25.7. The first-order valence-electron chi connectivity index (χ1n) is 12.2. The lowest BCUT2D eigenvalue weighted by Crippen LogP contribution is -2.54. The van der Waals surface area contributed by atoms with Crippen molar-refractivity contribution in [2.24, 2.45) is 34.0 Å². The second-order valence-electron chi connectivity index (χ2n) is 11.7. The summed E-state index contributed by atoms with van der Waals surface area (Å²) in [5.74, 6) is -1.49. The minimum atomic E-state index is -0.891. The van der Waals surface area contributed by atoms with Crippen LogP contribution in [0.2, 0.25) is 0 Å². The molecule has 0 radical (unpaired) electrons. The zero-order valence-electron chi connectivity index (χ0n) is 20.7. The first-order valence-corrected chi connectivity index (χ1v) is 12.2. The quantitative estimate of drug-likeness (QED) is 0.439. The summed E-state index contributed by atoms with van der Waals surface area (Å²) in [6.07, 6.45) is 2.74. The van der Waals surface area contributed by atoms with Crippen LogP contribution in [0.1, 0.15) is 86.0 Å². The summed E-state index contributed by atoms with van der Waals surface area (Å²) >= 11 is 0. The van der Waals surface area contributed by atoms with Crippen molar-refractivity contribution in [2.75, 3.05) is 0 Å². The van der Waals surface area contributed by atoms with E-state index in [0.717, 1.165) is 24.0 Å². The van der Waals surface area contributed by atoms with Crippen LogP contribution in [-0.4, -0.2) is 39.1 Å². The van der Waals surface area contributed by atoms with Crippen molar-refractivity contribution in [3.63, 3.8) is 0 Å². The molecule has 0 saturated heterocycles. The van der Waals surface area contributed by atoms with Gasteiger partial charge in [-0.25, -0.2) is 0 Å². The number of carbonyl (C=O) groups is 3. The number of Topliss-reactive ketones (excluding diaryl/α,β-unsaturated/α-hetero) is 1. The van der Waals surface area contributed by atoms with Gasteiger partial charge in [0.05, 0.1) is 6.10 Å². The molecule has 0 spiro atoms. The van der Waals surface area contributed by atoms with Gasteiger partial charge in [0.25, 0.3) is 0 Å². The molecular formula is C27H40O6. The van der Waals surface area contributed by atoms with Crippen molar-refractivity contribution in [1.82, 2.24) is 0 Å². The van der Waals surface area contributed by atoms with Crippen LogP contribution in [0, 0.1) is 34.0 Å². The number of aliphatic carboxylic acids is 2. The van der Waals surface area contributed by atoms with Gasteiger partial charge in [0.15, 0.2) is 5.78 Å². The van der Waals surface area contributed by atoms with Gasteiger partial charge >= 0.3 is 11.9 Å². The third kappa shape index (κ3) is 3.98. The lowest BCUT2D eigenvalue weighted by molar-refractivity contribution is -0.138. The van der Waals surface area contributed by atoms with E-state index in [2.05, 4.69) is 27.4 Å². The highest BCUT2D eigenvalue weighted by molar-refractivity contribution is 6.00. The Morgan fingerprint density at radius 1 is 1.15 bits per heavy atom. The van der Waals surface area contributed by atoms with Crippen LogP contribution in [0.5, 0.6) is 0 Å². The Kier molecular flexibility index (Phi) is 6.75. The Morgan fingerprint density at radius 2 is 1.76 bits per heavy atom. The molecule has 3 aliphatic carbocycles. The number of hydrogen-bond acceptors (Lipinski definition) is 4. The van der Waals surface area contributed by atoms with Crippen LogP contribution in [0.3, 0.4) is 0 Å². The molecule has 0 aromatic heterocycles. The number of rotatable bonds is 8. The lowest BCUT2D eigenvalue weighted by Gasteiger charge is -2.58. The van der Waals surface area contributed by atoms with E-state index in [9.17, 15) is 24.6 Å². The second-order valence-corrected chi connectivity index (χ2v) is 11.7. The minimum Gasteiger partial charge on any atom is -0.481 e. The van der Waals surface area contributed by atoms with Crippen LogP contribution < -0.4 is 0 Å². The van der Waals surface area contributed by atoms with Crippen molar-refractivity contribution < 1.29 is 29.7 Å². The third-order valence-corrected chi connectivity index (χ3v) is 9.79. The van der Waals surface area contributed by atoms with E-state index in [0.29, 0.717) is 31.3 Å². The summed E-state index contributed by atoms with van der Waals surface area (Å²) in [5, 5.41) is 30.0. The van der Waals surface area contributed by atoms with Gasteiger partial charge in [0.1, 0.15) is 0 Å². The average Bonchev–Trinajstić information content (AvgIpc) is 2.97. The number of aliphatic hydroxyl groups excluding tert-OH is 1. The van der Waals surface area contributed by atoms with Crippen LogP contribution in [0.15, 0.2) is 23.3 Å². The number of carboxylic acid groups (broad SMARTS) is 2. The van der Waals surface area contributed by atoms with E-state index < -0.39 is 23.5 Å². The molecule has 0 amide bonds. The molecule has 0 aromatic carbocycles. The standard InChI is InChI=1S/C27H40O6/c1-15(2)18-13-19(28)24-23(25(18,4)11-10-22(32)33)20(29)14-27(6)17(9-12-26(24,27)5)16(3)7-8-21(30)31/h16-19,28H,1,7-14H2,2-6H3,(H,30,31)(H,32,33)/t16-,17-,18+,19+,25+,26+,27-/m1/s1. The van der Waals surface area contributed by atoms with Crippen LogP contribution in [0.25, 0.3) is 0 Å². The monoisotopic (exact) mass is 460 g/mol. The molecule has 3 rings (SSSR count). The predicted molar refractivity (Wildman–Crippen MR) is 126 cm³/mol. The third-order valence-electron chi connectivity index (χ3n) is 9.79. The van der Waals surface area contributed by atoms with E-state index in [1.807, 2.05) is 13.8 Å². The summed E-state index contributed by atoms with van der Waals surface area (Å²) in [4.78, 5) is 36.5. The van der Waals surface area contributed by atoms with Crippen molar-refractivity contribution >= 4 is 17.7 Å². The van der Waals surface area contributed by atoms with E-state index in [1.54, 1.807) is 0 Å². The van der Waals surface area contributed by atoms with E-state index >= 15 is 0 Å². The maximum absolute atomic E-state index is 13.9. The molecule has 0 bridgehead atoms. The normalized spacial score (nSPS) is 39.1. The van der Waals surface area contributed by atoms with Gasteiger partial charge in [-0.2, -0.15) is 0 Å². The van der Waals surface area contributed by atoms with Gasteiger partial charge in [-0.15, -0.1) is 0 Å². The fourth-order valence-corrected chi connectivity index (χ4v) is 7.89. The average molecular weight is 461 g/mol. The van der Waals surface area contributed by atoms with E-state index in [-0.39, 0.29) is 47.2 Å². The van der Waals surface area contributed by atoms with E-state index in [4.69, 9.17) is 5.11 Å². The fraction of sp³-hybridized carbons (Fsp3) is 0.741. The van der Waals surface area contributed by atoms with Crippen molar-refractivity contribution in [1.29, 1.82) is 0 Å². The Morgan fingerprint density at radius 3 is 2.30 bits per heavy atom. The molecule has 0 aromatic rings. The summed E-state index contributed by atoms with van der Waals surface area (Å²) in [6, 6.07) is 0. The van der Waals surface area contributed by atoms with Gasteiger partial charge in [0, 0.05) is 30.3 Å². The van der Waals surface area contributed by atoms with Crippen molar-refractivity contribution in [2.45, 2.75) is 92.1 Å². The molecule has 0 unspecified atom stereocenters. The summed E-state index contributed by atoms with van der Waals surface area (Å²) in [5.41, 5.74) is 0.904. The van der Waals surface area contributed by atoms with Gasteiger partial charge in [-0.05, 0) is 73.2 Å². The molecule has 33 heavy (non-hydrogen) atoms. The first-order chi connectivity index (χ1) is 15.2. The number of fused-ring (bicyclic) bond motifs is 2. The Bertz CT molecular complexity index is 902. The molecular weight excluding hydrogens is 420 g/mol. The van der Waals surface area contributed by atoms with Gasteiger partial charge in [0.2, 0.25) is 0 Å². The number of carboxylic acids is 2. The van der Waals surface area contributed by atoms with Crippen LogP contribution >= 0.6 is 0 Å². The fourth-order valence-electron chi connectivity index (χ4n) is 7.89. The molecule has 0 heterocycles. The maximum Gasteiger partial charge on any atom is 0.303 e. The zero-order chi connectivity index (χ0) is 24.9. The number of ketones is 1. The van der Waals surface area contributed by atoms with Gasteiger partial charge in [-0.3, -0.25) is 14.4 Å². The van der Waals surface area contributed by atoms with Crippen LogP contribution in [-0.2, 0) is 14.4 Å². The summed E-state index contributed by atoms with van der Waals surface area (Å²) in [7, 11) is 0. The van der Waals surface area contributed by atoms with Crippen molar-refractivity contribution in [3.05, 3.63) is 23.3 Å². The van der Waals surface area contributed by atoms with Gasteiger partial charge in [-0.1, -0.05) is 39.8 Å². The van der Waals surface area contributed by atoms with Crippen molar-refractivity contribution in [3.8, 4) is 0 Å². The summed E-state index contributed by atoms with van der Waals surface area (Å²) in [6.45, 7) is 14.4. The lowest BCUT2D eigenvalue weighted by atomic mass is 9.46. The predicted octanol–water partition coefficient (Wildman–Crippen LogP) is 5.01. The highest BCUT2D eigenvalue weighted by atomic mass is 16.4. The molecule has 3 N–H and O–H groups in total. The zero-order valence-corrected chi connectivity index (χ0v) is 20.7. The molecule has 7 atom stereocenters. The highest BCUT2D eigenvalue weighted by Crippen LogP contribution is 2.70. The number of carbonyl (C=O) groups excluding carboxylic acids is 1. The van der Waals surface area contributed by atoms with E-state index in [1.165, 1.54) is 0 Å². The number of allylic oxidation sites excluding steroid dienone is 2. The Hall–Kier alpha value is -1.95. The Labute approximate surface area is 197 Å².